The molecule has 2 rings (SSSR count). The van der Waals surface area contributed by atoms with Crippen molar-refractivity contribution in [3.8, 4) is 0 Å². The van der Waals surface area contributed by atoms with Gasteiger partial charge in [0.15, 0.2) is 5.11 Å². The number of rotatable bonds is 4. The van der Waals surface area contributed by atoms with Gasteiger partial charge in [-0.25, -0.2) is 4.79 Å². The average Bonchev–Trinajstić information content (AvgIpc) is 2.51. The number of allylic oxidation sites excluding steroid dienone is 1. The van der Waals surface area contributed by atoms with E-state index in [1.165, 1.54) is 5.56 Å². The molecule has 2 N–H and O–H groups in total. The fourth-order valence-corrected chi connectivity index (χ4v) is 2.98. The summed E-state index contributed by atoms with van der Waals surface area (Å²) in [5.74, 6) is -0.0152. The number of benzene rings is 1. The predicted molar refractivity (Wildman–Crippen MR) is 105 cm³/mol. The minimum atomic E-state index is -0.307. The number of carbonyl (C=O) groups excluding carboxylic acids is 1. The van der Waals surface area contributed by atoms with Crippen LogP contribution in [0.3, 0.4) is 0 Å². The van der Waals surface area contributed by atoms with Crippen LogP contribution in [0.5, 0.6) is 0 Å². The molecule has 0 saturated carbocycles. The van der Waals surface area contributed by atoms with Gasteiger partial charge >= 0.3 is 5.97 Å². The summed E-state index contributed by atoms with van der Waals surface area (Å²) in [5.41, 5.74) is 3.64. The van der Waals surface area contributed by atoms with Crippen LogP contribution in [0.1, 0.15) is 58.7 Å². The van der Waals surface area contributed by atoms with E-state index in [-0.39, 0.29) is 17.4 Å². The minimum Gasteiger partial charge on any atom is -0.462 e. The number of hydrogen-bond acceptors (Lipinski definition) is 3. The molecule has 0 amide bonds. The van der Waals surface area contributed by atoms with Gasteiger partial charge in [-0.1, -0.05) is 58.9 Å². The van der Waals surface area contributed by atoms with Crippen LogP contribution in [0.25, 0.3) is 0 Å². The molecule has 0 fully saturated rings. The van der Waals surface area contributed by atoms with Crippen LogP contribution in [0.15, 0.2) is 35.5 Å². The van der Waals surface area contributed by atoms with Gasteiger partial charge in [-0.05, 0) is 41.6 Å². The van der Waals surface area contributed by atoms with Crippen LogP contribution in [0.2, 0.25) is 0 Å². The van der Waals surface area contributed by atoms with E-state index in [1.54, 1.807) is 0 Å². The van der Waals surface area contributed by atoms with E-state index in [9.17, 15) is 4.79 Å². The molecule has 4 nitrogen and oxygen atoms in total. The third kappa shape index (κ3) is 4.82. The lowest BCUT2D eigenvalue weighted by Gasteiger charge is -2.30. The van der Waals surface area contributed by atoms with E-state index in [0.717, 1.165) is 11.3 Å². The second-order valence-corrected chi connectivity index (χ2v) is 8.34. The molecule has 1 atom stereocenters. The first-order chi connectivity index (χ1) is 11.6. The molecule has 0 aromatic heterocycles. The number of nitrogens with one attached hydrogen (secondary N) is 2. The molecule has 1 aromatic rings. The first-order valence-electron chi connectivity index (χ1n) is 8.65. The van der Waals surface area contributed by atoms with Crippen LogP contribution in [-0.2, 0) is 14.9 Å². The van der Waals surface area contributed by atoms with Gasteiger partial charge in [0, 0.05) is 5.70 Å². The number of ether oxygens (including phenoxy) is 1. The molecule has 1 heterocycles. The highest BCUT2D eigenvalue weighted by molar-refractivity contribution is 7.80. The van der Waals surface area contributed by atoms with Crippen LogP contribution in [0.4, 0.5) is 0 Å². The highest BCUT2D eigenvalue weighted by Crippen LogP contribution is 2.30. The van der Waals surface area contributed by atoms with E-state index in [4.69, 9.17) is 17.0 Å². The zero-order chi connectivity index (χ0) is 18.8. The highest BCUT2D eigenvalue weighted by Gasteiger charge is 2.31. The van der Waals surface area contributed by atoms with Crippen LogP contribution >= 0.6 is 12.2 Å². The standard InChI is InChI=1S/C20H28N2O2S/c1-12(2)11-24-18(23)16-13(3)21-19(25)22-17(16)14-7-9-15(10-8-14)20(4,5)6/h7-10,12,17H,11H2,1-6H3,(H2,21,22,25). The summed E-state index contributed by atoms with van der Waals surface area (Å²) in [7, 11) is 0. The largest absolute Gasteiger partial charge is 0.462 e. The Hall–Kier alpha value is -1.88. The molecule has 0 bridgehead atoms. The zero-order valence-corrected chi connectivity index (χ0v) is 16.7. The highest BCUT2D eigenvalue weighted by atomic mass is 32.1. The van der Waals surface area contributed by atoms with Crippen molar-refractivity contribution >= 4 is 23.3 Å². The maximum Gasteiger partial charge on any atom is 0.338 e. The molecule has 1 aromatic carbocycles. The van der Waals surface area contributed by atoms with Crippen molar-refractivity contribution in [1.82, 2.24) is 10.6 Å². The van der Waals surface area contributed by atoms with E-state index in [1.807, 2.05) is 20.8 Å². The van der Waals surface area contributed by atoms with Gasteiger partial charge in [-0.3, -0.25) is 0 Å². The first-order valence-corrected chi connectivity index (χ1v) is 9.06. The van der Waals surface area contributed by atoms with Crippen LogP contribution < -0.4 is 10.6 Å². The fraction of sp³-hybridized carbons (Fsp3) is 0.500. The number of thiocarbonyl (C=S) groups is 1. The molecular formula is C20H28N2O2S. The van der Waals surface area contributed by atoms with Gasteiger partial charge in [0.05, 0.1) is 18.2 Å². The molecule has 5 heteroatoms. The van der Waals surface area contributed by atoms with Gasteiger partial charge in [-0.15, -0.1) is 0 Å². The Morgan fingerprint density at radius 3 is 2.36 bits per heavy atom. The molecule has 1 aliphatic heterocycles. The predicted octanol–water partition coefficient (Wildman–Crippen LogP) is 3.98. The summed E-state index contributed by atoms with van der Waals surface area (Å²) in [6.07, 6.45) is 0. The molecule has 0 aliphatic carbocycles. The monoisotopic (exact) mass is 360 g/mol. The van der Waals surface area contributed by atoms with E-state index in [0.29, 0.717) is 23.2 Å². The molecule has 0 radical (unpaired) electrons. The van der Waals surface area contributed by atoms with Crippen molar-refractivity contribution in [3.63, 3.8) is 0 Å². The summed E-state index contributed by atoms with van der Waals surface area (Å²) in [6.45, 7) is 12.8. The second kappa shape index (κ2) is 7.56. The van der Waals surface area contributed by atoms with Gasteiger partial charge in [0.25, 0.3) is 0 Å². The van der Waals surface area contributed by atoms with Gasteiger partial charge < -0.3 is 15.4 Å². The Kier molecular flexibility index (Phi) is 5.88. The number of hydrogen-bond donors (Lipinski definition) is 2. The van der Waals surface area contributed by atoms with Gasteiger partial charge in [0.2, 0.25) is 0 Å². The molecular weight excluding hydrogens is 332 g/mol. The molecule has 0 spiro atoms. The first kappa shape index (κ1) is 19.4. The van der Waals surface area contributed by atoms with Crippen molar-refractivity contribution in [2.75, 3.05) is 6.61 Å². The van der Waals surface area contributed by atoms with Crippen molar-refractivity contribution in [2.45, 2.75) is 53.0 Å². The summed E-state index contributed by atoms with van der Waals surface area (Å²) in [5, 5.41) is 6.75. The topological polar surface area (TPSA) is 50.4 Å². The van der Waals surface area contributed by atoms with E-state index < -0.39 is 0 Å². The maximum absolute atomic E-state index is 12.6. The Bertz CT molecular complexity index is 685. The lowest BCUT2D eigenvalue weighted by molar-refractivity contribution is -0.140. The smallest absolute Gasteiger partial charge is 0.338 e. The summed E-state index contributed by atoms with van der Waals surface area (Å²) in [4.78, 5) is 12.6. The molecule has 1 aliphatic rings. The normalized spacial score (nSPS) is 18.0. The summed E-state index contributed by atoms with van der Waals surface area (Å²) < 4.78 is 5.46. The fourth-order valence-electron chi connectivity index (χ4n) is 2.71. The van der Waals surface area contributed by atoms with Gasteiger partial charge in [0.1, 0.15) is 0 Å². The van der Waals surface area contributed by atoms with Crippen LogP contribution in [0, 0.1) is 5.92 Å². The Morgan fingerprint density at radius 2 is 1.84 bits per heavy atom. The molecule has 0 saturated heterocycles. The van der Waals surface area contributed by atoms with Crippen LogP contribution in [-0.4, -0.2) is 17.7 Å². The zero-order valence-electron chi connectivity index (χ0n) is 15.9. The second-order valence-electron chi connectivity index (χ2n) is 7.93. The SMILES string of the molecule is CC1=C(C(=O)OCC(C)C)C(c2ccc(C(C)(C)C)cc2)NC(=S)N1. The summed E-state index contributed by atoms with van der Waals surface area (Å²) >= 11 is 5.28. The lowest BCUT2D eigenvalue weighted by atomic mass is 9.85. The van der Waals surface area contributed by atoms with Crippen molar-refractivity contribution in [3.05, 3.63) is 46.7 Å². The third-order valence-electron chi connectivity index (χ3n) is 4.15. The maximum atomic E-state index is 12.6. The van der Waals surface area contributed by atoms with Crippen molar-refractivity contribution < 1.29 is 9.53 Å². The van der Waals surface area contributed by atoms with Crippen molar-refractivity contribution in [1.29, 1.82) is 0 Å². The Morgan fingerprint density at radius 1 is 1.24 bits per heavy atom. The van der Waals surface area contributed by atoms with Crippen molar-refractivity contribution in [2.24, 2.45) is 5.92 Å². The van der Waals surface area contributed by atoms with E-state index in [2.05, 4.69) is 55.7 Å². The number of carbonyl (C=O) groups is 1. The molecule has 136 valence electrons. The van der Waals surface area contributed by atoms with E-state index >= 15 is 0 Å². The molecule has 1 unspecified atom stereocenters. The summed E-state index contributed by atoms with van der Waals surface area (Å²) in [6, 6.07) is 8.01. The molecule has 25 heavy (non-hydrogen) atoms. The third-order valence-corrected chi connectivity index (χ3v) is 4.37. The van der Waals surface area contributed by atoms with Gasteiger partial charge in [-0.2, -0.15) is 0 Å². The quantitative estimate of drug-likeness (QED) is 0.628. The minimum absolute atomic E-state index is 0.0835. The Labute approximate surface area is 156 Å². The lowest BCUT2D eigenvalue weighted by Crippen LogP contribution is -2.45. The Balaban J connectivity index is 2.34. The number of esters is 1. The average molecular weight is 361 g/mol.